The maximum Gasteiger partial charge on any atom is 0.261 e. The van der Waals surface area contributed by atoms with Gasteiger partial charge < -0.3 is 19.5 Å². The van der Waals surface area contributed by atoms with Crippen molar-refractivity contribution in [3.05, 3.63) is 58.8 Å². The summed E-state index contributed by atoms with van der Waals surface area (Å²) in [5.41, 5.74) is 4.34. The first-order valence-electron chi connectivity index (χ1n) is 10.4. The van der Waals surface area contributed by atoms with E-state index in [9.17, 15) is 4.79 Å². The Labute approximate surface area is 185 Å². The summed E-state index contributed by atoms with van der Waals surface area (Å²) >= 11 is 1.48. The number of amides is 1. The van der Waals surface area contributed by atoms with Crippen molar-refractivity contribution in [3.63, 3.8) is 0 Å². The van der Waals surface area contributed by atoms with Crippen molar-refractivity contribution in [2.45, 2.75) is 0 Å². The highest BCUT2D eigenvalue weighted by Gasteiger charge is 2.15. The van der Waals surface area contributed by atoms with Gasteiger partial charge in [0.2, 0.25) is 6.79 Å². The van der Waals surface area contributed by atoms with Gasteiger partial charge in [0.05, 0.1) is 18.1 Å². The second kappa shape index (κ2) is 9.09. The van der Waals surface area contributed by atoms with Gasteiger partial charge in [-0.3, -0.25) is 9.69 Å². The molecule has 0 radical (unpaired) electrons. The van der Waals surface area contributed by atoms with Crippen LogP contribution in [0, 0.1) is 0 Å². The summed E-state index contributed by atoms with van der Waals surface area (Å²) in [7, 11) is 0. The molecule has 1 saturated heterocycles. The van der Waals surface area contributed by atoms with E-state index in [4.69, 9.17) is 14.2 Å². The summed E-state index contributed by atoms with van der Waals surface area (Å²) in [6.45, 7) is 5.19. The molecule has 2 aromatic carbocycles. The molecule has 1 N–H and O–H groups in total. The molecule has 0 aliphatic carbocycles. The quantitative estimate of drug-likeness (QED) is 0.636. The number of carbonyl (C=O) groups excluding carboxylic acids is 1. The first-order chi connectivity index (χ1) is 15.3. The van der Waals surface area contributed by atoms with Gasteiger partial charge in [0, 0.05) is 26.2 Å². The van der Waals surface area contributed by atoms with Gasteiger partial charge in [-0.1, -0.05) is 30.3 Å². The molecular weight excluding hydrogens is 412 g/mol. The highest BCUT2D eigenvalue weighted by Crippen LogP contribution is 2.36. The second-order valence-electron chi connectivity index (χ2n) is 7.55. The van der Waals surface area contributed by atoms with Crippen LogP contribution in [0.3, 0.4) is 0 Å². The molecular formula is C24H24N2O4S. The normalized spacial score (nSPS) is 15.7. The lowest BCUT2D eigenvalue weighted by atomic mass is 10.0. The number of hydrogen-bond donors (Lipinski definition) is 1. The first-order valence-corrected chi connectivity index (χ1v) is 11.3. The number of carbonyl (C=O) groups is 1. The number of benzene rings is 2. The minimum absolute atomic E-state index is 0.0125. The van der Waals surface area contributed by atoms with E-state index in [0.29, 0.717) is 6.54 Å². The molecule has 31 heavy (non-hydrogen) atoms. The number of fused-ring (bicyclic) bond motifs is 1. The number of nitrogens with zero attached hydrogens (tertiary/aromatic N) is 1. The number of rotatable bonds is 6. The van der Waals surface area contributed by atoms with Crippen LogP contribution in [0.1, 0.15) is 9.67 Å². The molecule has 2 aliphatic rings. The van der Waals surface area contributed by atoms with Crippen molar-refractivity contribution < 1.29 is 19.0 Å². The van der Waals surface area contributed by atoms with E-state index in [1.54, 1.807) is 0 Å². The number of thiophene rings is 1. The summed E-state index contributed by atoms with van der Waals surface area (Å²) in [5, 5.41) is 5.06. The molecule has 0 bridgehead atoms. The number of hydrogen-bond acceptors (Lipinski definition) is 6. The van der Waals surface area contributed by atoms with E-state index in [-0.39, 0.29) is 12.7 Å². The van der Waals surface area contributed by atoms with E-state index in [1.165, 1.54) is 11.3 Å². The lowest BCUT2D eigenvalue weighted by molar-refractivity contribution is 0.0383. The molecule has 1 fully saturated rings. The molecule has 1 aromatic heterocycles. The minimum atomic E-state index is -0.0125. The van der Waals surface area contributed by atoms with Gasteiger partial charge >= 0.3 is 0 Å². The van der Waals surface area contributed by atoms with Gasteiger partial charge in [-0.2, -0.15) is 0 Å². The third-order valence-corrected chi connectivity index (χ3v) is 6.49. The summed E-state index contributed by atoms with van der Waals surface area (Å²) < 4.78 is 16.2. The van der Waals surface area contributed by atoms with Crippen LogP contribution in [0.15, 0.2) is 53.9 Å². The maximum absolute atomic E-state index is 12.5. The molecule has 2 aliphatic heterocycles. The lowest BCUT2D eigenvalue weighted by Gasteiger charge is -2.26. The van der Waals surface area contributed by atoms with Crippen LogP contribution < -0.4 is 14.8 Å². The fourth-order valence-corrected chi connectivity index (χ4v) is 4.61. The van der Waals surface area contributed by atoms with Crippen LogP contribution >= 0.6 is 11.3 Å². The lowest BCUT2D eigenvalue weighted by Crippen LogP contribution is -2.41. The molecule has 160 valence electrons. The Balaban J connectivity index is 1.20. The summed E-state index contributed by atoms with van der Waals surface area (Å²) in [5.74, 6) is 1.56. The van der Waals surface area contributed by atoms with Crippen LogP contribution in [-0.4, -0.2) is 57.0 Å². The zero-order valence-electron chi connectivity index (χ0n) is 17.1. The SMILES string of the molecule is O=C(NCCN1CCOCC1)c1cc(-c2ccc(-c3ccc4c(c3)OCO4)cc2)cs1. The Hall–Kier alpha value is -2.87. The first kappa shape index (κ1) is 20.1. The Kier molecular flexibility index (Phi) is 5.88. The summed E-state index contributed by atoms with van der Waals surface area (Å²) in [6.07, 6.45) is 0. The number of morpholine rings is 1. The molecule has 3 aromatic rings. The number of ether oxygens (including phenoxy) is 3. The Bertz CT molecular complexity index is 1060. The topological polar surface area (TPSA) is 60.0 Å². The van der Waals surface area contributed by atoms with Crippen molar-refractivity contribution in [2.75, 3.05) is 46.2 Å². The molecule has 7 heteroatoms. The van der Waals surface area contributed by atoms with E-state index in [2.05, 4.69) is 34.5 Å². The van der Waals surface area contributed by atoms with Crippen molar-refractivity contribution in [1.29, 1.82) is 0 Å². The third kappa shape index (κ3) is 4.58. The van der Waals surface area contributed by atoms with Crippen molar-refractivity contribution in [3.8, 4) is 33.8 Å². The second-order valence-corrected chi connectivity index (χ2v) is 8.47. The highest BCUT2D eigenvalue weighted by atomic mass is 32.1. The van der Waals surface area contributed by atoms with Gasteiger partial charge in [0.1, 0.15) is 0 Å². The van der Waals surface area contributed by atoms with E-state index < -0.39 is 0 Å². The molecule has 0 spiro atoms. The van der Waals surface area contributed by atoms with Gasteiger partial charge in [0.15, 0.2) is 11.5 Å². The minimum Gasteiger partial charge on any atom is -0.454 e. The zero-order chi connectivity index (χ0) is 21.0. The largest absolute Gasteiger partial charge is 0.454 e. The van der Waals surface area contributed by atoms with Gasteiger partial charge in [-0.25, -0.2) is 0 Å². The molecule has 6 nitrogen and oxygen atoms in total. The average Bonchev–Trinajstić information content (AvgIpc) is 3.49. The molecule has 5 rings (SSSR count). The van der Waals surface area contributed by atoms with Crippen LogP contribution in [-0.2, 0) is 4.74 Å². The smallest absolute Gasteiger partial charge is 0.261 e. The Morgan fingerprint density at radius 2 is 1.61 bits per heavy atom. The third-order valence-electron chi connectivity index (χ3n) is 5.56. The van der Waals surface area contributed by atoms with Crippen molar-refractivity contribution >= 4 is 17.2 Å². The molecule has 0 unspecified atom stereocenters. The molecule has 0 saturated carbocycles. The predicted molar refractivity (Wildman–Crippen MR) is 121 cm³/mol. The molecule has 0 atom stereocenters. The van der Waals surface area contributed by atoms with E-state index in [1.807, 2.05) is 29.6 Å². The Morgan fingerprint density at radius 1 is 0.903 bits per heavy atom. The van der Waals surface area contributed by atoms with Crippen molar-refractivity contribution in [1.82, 2.24) is 10.2 Å². The van der Waals surface area contributed by atoms with Gasteiger partial charge in [-0.05, 0) is 45.8 Å². The standard InChI is InChI=1S/C24H24N2O4S/c27-24(25-7-8-26-9-11-28-12-10-26)23-14-20(15-31-23)18-3-1-17(2-4-18)19-5-6-21-22(13-19)30-16-29-21/h1-6,13-15H,7-12,16H2,(H,25,27). The monoisotopic (exact) mass is 436 g/mol. The highest BCUT2D eigenvalue weighted by molar-refractivity contribution is 7.12. The van der Waals surface area contributed by atoms with E-state index >= 15 is 0 Å². The van der Waals surface area contributed by atoms with Crippen LogP contribution in [0.25, 0.3) is 22.3 Å². The number of nitrogens with one attached hydrogen (secondary N) is 1. The fraction of sp³-hybridized carbons (Fsp3) is 0.292. The molecule has 1 amide bonds. The van der Waals surface area contributed by atoms with Crippen LogP contribution in [0.4, 0.5) is 0 Å². The fourth-order valence-electron chi connectivity index (χ4n) is 3.78. The van der Waals surface area contributed by atoms with Crippen LogP contribution in [0.5, 0.6) is 11.5 Å². The van der Waals surface area contributed by atoms with Gasteiger partial charge in [0.25, 0.3) is 5.91 Å². The molecule has 3 heterocycles. The van der Waals surface area contributed by atoms with E-state index in [0.717, 1.165) is 71.5 Å². The van der Waals surface area contributed by atoms with Crippen molar-refractivity contribution in [2.24, 2.45) is 0 Å². The zero-order valence-corrected chi connectivity index (χ0v) is 18.0. The average molecular weight is 437 g/mol. The Morgan fingerprint density at radius 3 is 2.42 bits per heavy atom. The van der Waals surface area contributed by atoms with Crippen LogP contribution in [0.2, 0.25) is 0 Å². The summed E-state index contributed by atoms with van der Waals surface area (Å²) in [6, 6.07) is 16.3. The maximum atomic E-state index is 12.5. The summed E-state index contributed by atoms with van der Waals surface area (Å²) in [4.78, 5) is 15.5. The predicted octanol–water partition coefficient (Wildman–Crippen LogP) is 3.87. The van der Waals surface area contributed by atoms with Gasteiger partial charge in [-0.15, -0.1) is 11.3 Å².